The molecule has 1 fully saturated rings. The number of aliphatic carboxylic acids is 1. The van der Waals surface area contributed by atoms with Crippen molar-refractivity contribution in [2.24, 2.45) is 0 Å². The van der Waals surface area contributed by atoms with Crippen LogP contribution in [0.4, 0.5) is 13.2 Å². The van der Waals surface area contributed by atoms with Crippen molar-refractivity contribution in [3.63, 3.8) is 0 Å². The van der Waals surface area contributed by atoms with Gasteiger partial charge in [0.05, 0.1) is 6.54 Å². The fraction of sp³-hybridized carbons (Fsp3) is 0.500. The van der Waals surface area contributed by atoms with E-state index in [1.807, 2.05) is 0 Å². The molecule has 0 saturated carbocycles. The van der Waals surface area contributed by atoms with Crippen molar-refractivity contribution in [1.82, 2.24) is 9.21 Å². The molecule has 2 rings (SSSR count). The topological polar surface area (TPSA) is 77.9 Å². The molecule has 0 atom stereocenters. The fourth-order valence-corrected chi connectivity index (χ4v) is 4.23. The lowest BCUT2D eigenvalue weighted by Gasteiger charge is -2.35. The Kier molecular flexibility index (Phi) is 5.51. The van der Waals surface area contributed by atoms with E-state index in [9.17, 15) is 26.4 Å². The molecule has 1 aliphatic heterocycles. The number of hydrogen-bond donors (Lipinski definition) is 1. The van der Waals surface area contributed by atoms with Gasteiger partial charge in [-0.1, -0.05) is 0 Å². The normalized spacial score (nSPS) is 17.4. The van der Waals surface area contributed by atoms with E-state index >= 15 is 0 Å². The summed E-state index contributed by atoms with van der Waals surface area (Å²) in [6.45, 7) is -0.0972. The zero-order chi connectivity index (χ0) is 18.1. The van der Waals surface area contributed by atoms with Gasteiger partial charge in [-0.2, -0.15) is 4.31 Å². The molecular formula is C14H17F3N2O4S. The maximum atomic E-state index is 13.7. The molecule has 1 aromatic carbocycles. The van der Waals surface area contributed by atoms with Crippen molar-refractivity contribution < 1.29 is 31.5 Å². The van der Waals surface area contributed by atoms with Crippen LogP contribution in [0.25, 0.3) is 0 Å². The van der Waals surface area contributed by atoms with E-state index in [4.69, 9.17) is 5.11 Å². The number of halogens is 3. The highest BCUT2D eigenvalue weighted by molar-refractivity contribution is 7.89. The lowest BCUT2D eigenvalue weighted by Crippen LogP contribution is -2.46. The van der Waals surface area contributed by atoms with Crippen LogP contribution in [0.2, 0.25) is 0 Å². The summed E-state index contributed by atoms with van der Waals surface area (Å²) in [6, 6.07) is 0.417. The number of hydrogen-bond acceptors (Lipinski definition) is 4. The van der Waals surface area contributed by atoms with Crippen LogP contribution >= 0.6 is 0 Å². The molecule has 134 valence electrons. The van der Waals surface area contributed by atoms with Crippen molar-refractivity contribution in [3.05, 3.63) is 29.6 Å². The number of rotatable bonds is 5. The van der Waals surface area contributed by atoms with E-state index < -0.39 is 38.3 Å². The Balaban J connectivity index is 2.13. The third-order valence-corrected chi connectivity index (χ3v) is 5.94. The first-order valence-corrected chi connectivity index (χ1v) is 8.63. The van der Waals surface area contributed by atoms with Gasteiger partial charge >= 0.3 is 5.97 Å². The van der Waals surface area contributed by atoms with Gasteiger partial charge in [-0.3, -0.25) is 9.69 Å². The van der Waals surface area contributed by atoms with Gasteiger partial charge in [-0.15, -0.1) is 0 Å². The summed E-state index contributed by atoms with van der Waals surface area (Å²) < 4.78 is 65.8. The van der Waals surface area contributed by atoms with Crippen LogP contribution in [0.5, 0.6) is 0 Å². The first kappa shape index (κ1) is 18.7. The quantitative estimate of drug-likeness (QED) is 0.795. The van der Waals surface area contributed by atoms with Crippen LogP contribution in [0.15, 0.2) is 17.0 Å². The molecule has 1 saturated heterocycles. The maximum Gasteiger partial charge on any atom is 0.317 e. The van der Waals surface area contributed by atoms with Gasteiger partial charge in [-0.05, 0) is 26.0 Å². The van der Waals surface area contributed by atoms with E-state index in [1.165, 1.54) is 0 Å². The highest BCUT2D eigenvalue weighted by Crippen LogP contribution is 2.26. The Morgan fingerprint density at radius 1 is 1.21 bits per heavy atom. The highest BCUT2D eigenvalue weighted by Gasteiger charge is 2.33. The number of sulfonamides is 1. The van der Waals surface area contributed by atoms with Crippen LogP contribution in [-0.2, 0) is 14.8 Å². The van der Waals surface area contributed by atoms with Gasteiger partial charge in [0.2, 0.25) is 10.0 Å². The van der Waals surface area contributed by atoms with E-state index in [-0.39, 0.29) is 31.7 Å². The van der Waals surface area contributed by atoms with Gasteiger partial charge in [0, 0.05) is 25.2 Å². The van der Waals surface area contributed by atoms with E-state index in [1.54, 1.807) is 11.9 Å². The molecule has 0 radical (unpaired) electrons. The Bertz CT molecular complexity index is 734. The Labute approximate surface area is 137 Å². The van der Waals surface area contributed by atoms with Crippen molar-refractivity contribution in [1.29, 1.82) is 0 Å². The van der Waals surface area contributed by atoms with E-state index in [2.05, 4.69) is 0 Å². The number of nitrogens with zero attached hydrogens (tertiary/aromatic N) is 2. The van der Waals surface area contributed by atoms with Gasteiger partial charge in [0.1, 0.15) is 10.7 Å². The van der Waals surface area contributed by atoms with Crippen molar-refractivity contribution in [3.8, 4) is 0 Å². The summed E-state index contributed by atoms with van der Waals surface area (Å²) in [7, 11) is -2.66. The number of likely N-dealkylation sites (N-methyl/N-ethyl adjacent to an activating group) is 1. The number of carboxylic acids is 1. The molecule has 0 amide bonds. The van der Waals surface area contributed by atoms with Gasteiger partial charge in [0.25, 0.3) is 0 Å². The molecule has 1 aromatic rings. The average molecular weight is 366 g/mol. The van der Waals surface area contributed by atoms with Crippen molar-refractivity contribution >= 4 is 16.0 Å². The van der Waals surface area contributed by atoms with Crippen LogP contribution in [-0.4, -0.2) is 61.4 Å². The number of carboxylic acid groups (broad SMARTS) is 1. The fourth-order valence-electron chi connectivity index (χ4n) is 2.71. The summed E-state index contributed by atoms with van der Waals surface area (Å²) in [4.78, 5) is 11.4. The van der Waals surface area contributed by atoms with Crippen LogP contribution in [0, 0.1) is 17.5 Å². The second-order valence-corrected chi connectivity index (χ2v) is 7.55. The minimum Gasteiger partial charge on any atom is -0.480 e. The molecular weight excluding hydrogens is 349 g/mol. The molecule has 6 nitrogen and oxygen atoms in total. The minimum atomic E-state index is -4.29. The summed E-state index contributed by atoms with van der Waals surface area (Å²) in [5.74, 6) is -5.23. The molecule has 1 N–H and O–H groups in total. The highest BCUT2D eigenvalue weighted by atomic mass is 32.2. The van der Waals surface area contributed by atoms with Crippen LogP contribution in [0.3, 0.4) is 0 Å². The Morgan fingerprint density at radius 2 is 1.75 bits per heavy atom. The summed E-state index contributed by atoms with van der Waals surface area (Å²) >= 11 is 0. The number of carbonyl (C=O) groups is 1. The van der Waals surface area contributed by atoms with E-state index in [0.717, 1.165) is 4.31 Å². The second kappa shape index (κ2) is 7.08. The number of piperidine rings is 1. The monoisotopic (exact) mass is 366 g/mol. The van der Waals surface area contributed by atoms with Crippen molar-refractivity contribution in [2.45, 2.75) is 23.8 Å². The van der Waals surface area contributed by atoms with Crippen molar-refractivity contribution in [2.75, 3.05) is 26.7 Å². The van der Waals surface area contributed by atoms with Crippen LogP contribution < -0.4 is 0 Å². The summed E-state index contributed by atoms with van der Waals surface area (Å²) in [5.41, 5.74) is 0. The molecule has 10 heteroatoms. The van der Waals surface area contributed by atoms with Gasteiger partial charge in [0.15, 0.2) is 11.6 Å². The lowest BCUT2D eigenvalue weighted by atomic mass is 10.1. The zero-order valence-corrected chi connectivity index (χ0v) is 13.7. The maximum absolute atomic E-state index is 13.7. The standard InChI is InChI=1S/C14H17F3N2O4S/c1-18(8-14(20)21)9-2-4-19(5-3-9)24(22,23)13-7-11(16)10(15)6-12(13)17/h6-7,9H,2-5,8H2,1H3,(H,20,21). The Morgan fingerprint density at radius 3 is 2.29 bits per heavy atom. The third kappa shape index (κ3) is 3.87. The third-order valence-electron chi connectivity index (χ3n) is 4.02. The molecule has 24 heavy (non-hydrogen) atoms. The zero-order valence-electron chi connectivity index (χ0n) is 12.9. The van der Waals surface area contributed by atoms with Gasteiger partial charge in [-0.25, -0.2) is 21.6 Å². The molecule has 0 aromatic heterocycles. The first-order chi connectivity index (χ1) is 11.1. The molecule has 0 aliphatic carbocycles. The molecule has 0 unspecified atom stereocenters. The molecule has 1 aliphatic rings. The predicted octanol–water partition coefficient (Wildman–Crippen LogP) is 1.27. The molecule has 0 bridgehead atoms. The SMILES string of the molecule is CN(CC(=O)O)C1CCN(S(=O)(=O)c2cc(F)c(F)cc2F)CC1. The second-order valence-electron chi connectivity index (χ2n) is 5.64. The van der Waals surface area contributed by atoms with Crippen LogP contribution in [0.1, 0.15) is 12.8 Å². The Hall–Kier alpha value is -1.65. The van der Waals surface area contributed by atoms with E-state index in [0.29, 0.717) is 18.9 Å². The molecule has 0 spiro atoms. The first-order valence-electron chi connectivity index (χ1n) is 7.19. The largest absolute Gasteiger partial charge is 0.480 e. The molecule has 1 heterocycles. The summed E-state index contributed by atoms with van der Waals surface area (Å²) in [6.07, 6.45) is 0.711. The lowest BCUT2D eigenvalue weighted by molar-refractivity contribution is -0.138. The predicted molar refractivity (Wildman–Crippen MR) is 78.4 cm³/mol. The summed E-state index contributed by atoms with van der Waals surface area (Å²) in [5, 5.41) is 8.77. The van der Waals surface area contributed by atoms with Gasteiger partial charge < -0.3 is 5.11 Å². The smallest absolute Gasteiger partial charge is 0.317 e. The number of benzene rings is 1. The average Bonchev–Trinajstić information content (AvgIpc) is 2.50. The minimum absolute atomic E-state index is 0.0371.